The fraction of sp³-hybridized carbons (Fsp3) is 0. The van der Waals surface area contributed by atoms with Gasteiger partial charge in [-0.25, -0.2) is 24.9 Å². The van der Waals surface area contributed by atoms with Crippen molar-refractivity contribution < 1.29 is 8.83 Å². The van der Waals surface area contributed by atoms with Crippen molar-refractivity contribution in [3.8, 4) is 85.0 Å². The Bertz CT molecular complexity index is 4110. The predicted molar refractivity (Wildman–Crippen MR) is 285 cm³/mol. The lowest BCUT2D eigenvalue weighted by Gasteiger charge is -2.11. The first-order chi connectivity index (χ1) is 35.1. The number of rotatable bonds is 8. The minimum atomic E-state index is 0.546. The second kappa shape index (κ2) is 16.5. The van der Waals surface area contributed by atoms with Crippen LogP contribution in [0, 0.1) is 0 Å². The van der Waals surface area contributed by atoms with Gasteiger partial charge in [-0.3, -0.25) is 0 Å². The molecule has 0 aliphatic heterocycles. The van der Waals surface area contributed by atoms with Gasteiger partial charge in [0, 0.05) is 44.3 Å². The molecule has 0 atom stereocenters. The summed E-state index contributed by atoms with van der Waals surface area (Å²) in [5.41, 5.74) is 15.4. The van der Waals surface area contributed by atoms with E-state index in [1.807, 2.05) is 97.1 Å². The molecule has 0 fully saturated rings. The highest BCUT2D eigenvalue weighted by atomic mass is 16.4. The van der Waals surface area contributed by atoms with E-state index in [1.165, 1.54) is 38.2 Å². The van der Waals surface area contributed by atoms with E-state index in [1.54, 1.807) is 0 Å². The van der Waals surface area contributed by atoms with Crippen LogP contribution in [-0.4, -0.2) is 29.5 Å². The van der Waals surface area contributed by atoms with Crippen LogP contribution in [0.2, 0.25) is 0 Å². The van der Waals surface area contributed by atoms with E-state index in [-0.39, 0.29) is 0 Å². The summed E-state index contributed by atoms with van der Waals surface area (Å²) in [6, 6.07) is 79.4. The summed E-state index contributed by atoms with van der Waals surface area (Å²) < 4.78 is 14.6. The summed E-state index contributed by atoms with van der Waals surface area (Å²) in [4.78, 5) is 24.7. The molecule has 71 heavy (non-hydrogen) atoms. The molecule has 14 aromatic rings. The fourth-order valence-corrected chi connectivity index (χ4v) is 9.77. The number of hydrogen-bond acceptors (Lipinski definition) is 7. The minimum absolute atomic E-state index is 0.546. The molecule has 10 aromatic carbocycles. The molecule has 8 nitrogen and oxygen atoms in total. The molecule has 0 aliphatic rings. The van der Waals surface area contributed by atoms with Crippen LogP contribution in [0.15, 0.2) is 239 Å². The SMILES string of the molecule is c1ccc(-c2ccc(-n3c4ccc(-c5ccc(-c6nc(-c7ccc(-c8nc9ccccc9o8)cc7)nc(-c7ccc(-c8nc9ccccc9o8)cc7)n6)cc5)cc4c4c5ccccc5ccc43)cc2)cc1. The zero-order valence-corrected chi connectivity index (χ0v) is 37.9. The Morgan fingerprint density at radius 1 is 0.296 bits per heavy atom. The van der Waals surface area contributed by atoms with Crippen molar-refractivity contribution in [2.24, 2.45) is 0 Å². The number of benzene rings is 10. The van der Waals surface area contributed by atoms with E-state index >= 15 is 0 Å². The summed E-state index contributed by atoms with van der Waals surface area (Å²) in [5.74, 6) is 2.77. The average Bonchev–Trinajstić information content (AvgIpc) is 4.18. The van der Waals surface area contributed by atoms with Crippen molar-refractivity contribution in [1.82, 2.24) is 29.5 Å². The minimum Gasteiger partial charge on any atom is -0.436 e. The molecule has 8 heteroatoms. The van der Waals surface area contributed by atoms with Gasteiger partial charge in [0.2, 0.25) is 11.8 Å². The Kier molecular flexibility index (Phi) is 9.35. The maximum Gasteiger partial charge on any atom is 0.227 e. The van der Waals surface area contributed by atoms with Crippen molar-refractivity contribution in [3.05, 3.63) is 231 Å². The van der Waals surface area contributed by atoms with Crippen molar-refractivity contribution >= 4 is 54.8 Å². The highest BCUT2D eigenvalue weighted by Crippen LogP contribution is 2.40. The first-order valence-corrected chi connectivity index (χ1v) is 23.6. The lowest BCUT2D eigenvalue weighted by molar-refractivity contribution is 0.619. The summed E-state index contributed by atoms with van der Waals surface area (Å²) in [5, 5.41) is 4.87. The van der Waals surface area contributed by atoms with Crippen LogP contribution in [-0.2, 0) is 0 Å². The lowest BCUT2D eigenvalue weighted by atomic mass is 9.99. The summed E-state index contributed by atoms with van der Waals surface area (Å²) in [7, 11) is 0. The third kappa shape index (κ3) is 7.13. The molecule has 4 aromatic heterocycles. The van der Waals surface area contributed by atoms with Crippen LogP contribution < -0.4 is 0 Å². The van der Waals surface area contributed by atoms with E-state index < -0.39 is 0 Å². The standard InChI is InChI=1S/C63H38N6O2/c1-2-10-39(11-3-1)40-30-34-49(35-31-40)69-54-36-33-48(38-51(54)58-50-13-5-4-12-42(50)32-37-55(58)69)41-18-20-43(21-19-41)59-66-60(44-22-26-46(27-23-44)62-64-52-14-6-8-16-56(52)70-62)68-61(67-59)45-24-28-47(29-25-45)63-65-53-15-7-9-17-57(53)71-63/h1-38H. The second-order valence-corrected chi connectivity index (χ2v) is 17.7. The quantitative estimate of drug-likeness (QED) is 0.150. The van der Waals surface area contributed by atoms with Crippen molar-refractivity contribution in [2.75, 3.05) is 0 Å². The summed E-state index contributed by atoms with van der Waals surface area (Å²) in [6.45, 7) is 0. The van der Waals surface area contributed by atoms with Gasteiger partial charge >= 0.3 is 0 Å². The zero-order chi connectivity index (χ0) is 46.8. The third-order valence-electron chi connectivity index (χ3n) is 13.4. The Morgan fingerprint density at radius 2 is 0.732 bits per heavy atom. The van der Waals surface area contributed by atoms with Crippen molar-refractivity contribution in [1.29, 1.82) is 0 Å². The van der Waals surface area contributed by atoms with Gasteiger partial charge in [-0.2, -0.15) is 0 Å². The molecular weight excluding hydrogens is 873 g/mol. The van der Waals surface area contributed by atoms with Gasteiger partial charge in [-0.15, -0.1) is 0 Å². The van der Waals surface area contributed by atoms with Gasteiger partial charge in [-0.1, -0.05) is 152 Å². The molecule has 4 heterocycles. The van der Waals surface area contributed by atoms with Gasteiger partial charge in [0.05, 0.1) is 11.0 Å². The number of nitrogens with zero attached hydrogens (tertiary/aromatic N) is 6. The van der Waals surface area contributed by atoms with Crippen LogP contribution in [0.5, 0.6) is 0 Å². The first-order valence-electron chi connectivity index (χ1n) is 23.6. The molecule has 0 unspecified atom stereocenters. The van der Waals surface area contributed by atoms with E-state index in [0.717, 1.165) is 72.3 Å². The Labute approximate surface area is 406 Å². The molecule has 0 saturated heterocycles. The first kappa shape index (κ1) is 40.3. The average molecular weight is 911 g/mol. The van der Waals surface area contributed by atoms with Gasteiger partial charge in [0.15, 0.2) is 28.6 Å². The Morgan fingerprint density at radius 3 is 1.31 bits per heavy atom. The molecule has 332 valence electrons. The monoisotopic (exact) mass is 910 g/mol. The van der Waals surface area contributed by atoms with E-state index in [9.17, 15) is 0 Å². The molecule has 0 N–H and O–H groups in total. The second-order valence-electron chi connectivity index (χ2n) is 17.7. The van der Waals surface area contributed by atoms with Crippen LogP contribution >= 0.6 is 0 Å². The zero-order valence-electron chi connectivity index (χ0n) is 37.9. The van der Waals surface area contributed by atoms with Crippen LogP contribution in [0.25, 0.3) is 140 Å². The van der Waals surface area contributed by atoms with Gasteiger partial charge in [0.1, 0.15) is 11.0 Å². The molecule has 0 bridgehead atoms. The highest BCUT2D eigenvalue weighted by molar-refractivity contribution is 6.22. The van der Waals surface area contributed by atoms with Crippen molar-refractivity contribution in [3.63, 3.8) is 0 Å². The molecule has 0 saturated carbocycles. The molecule has 14 rings (SSSR count). The van der Waals surface area contributed by atoms with E-state index in [0.29, 0.717) is 29.3 Å². The van der Waals surface area contributed by atoms with Crippen LogP contribution in [0.1, 0.15) is 0 Å². The van der Waals surface area contributed by atoms with Gasteiger partial charge in [0.25, 0.3) is 0 Å². The third-order valence-corrected chi connectivity index (χ3v) is 13.4. The molecule has 0 radical (unpaired) electrons. The van der Waals surface area contributed by atoms with Crippen molar-refractivity contribution in [2.45, 2.75) is 0 Å². The molecule has 0 aliphatic carbocycles. The number of para-hydroxylation sites is 4. The predicted octanol–water partition coefficient (Wildman–Crippen LogP) is 16.1. The summed E-state index contributed by atoms with van der Waals surface area (Å²) in [6.07, 6.45) is 0. The number of oxazole rings is 2. The van der Waals surface area contributed by atoms with Gasteiger partial charge < -0.3 is 13.4 Å². The largest absolute Gasteiger partial charge is 0.436 e. The van der Waals surface area contributed by atoms with Gasteiger partial charge in [-0.05, 0) is 112 Å². The fourth-order valence-electron chi connectivity index (χ4n) is 9.77. The highest BCUT2D eigenvalue weighted by Gasteiger charge is 2.19. The Balaban J connectivity index is 0.841. The number of hydrogen-bond donors (Lipinski definition) is 0. The maximum atomic E-state index is 6.08. The summed E-state index contributed by atoms with van der Waals surface area (Å²) >= 11 is 0. The van der Waals surface area contributed by atoms with Crippen LogP contribution in [0.3, 0.4) is 0 Å². The lowest BCUT2D eigenvalue weighted by Crippen LogP contribution is -2.00. The topological polar surface area (TPSA) is 95.7 Å². The number of aromatic nitrogens is 6. The molecular formula is C63H38N6O2. The molecule has 0 spiro atoms. The number of fused-ring (bicyclic) bond motifs is 7. The van der Waals surface area contributed by atoms with E-state index in [4.69, 9.17) is 33.8 Å². The molecule has 0 amide bonds. The normalized spacial score (nSPS) is 11.7. The Hall–Kier alpha value is -9.79. The van der Waals surface area contributed by atoms with E-state index in [2.05, 4.69) is 138 Å². The smallest absolute Gasteiger partial charge is 0.227 e. The maximum absolute atomic E-state index is 6.08. The van der Waals surface area contributed by atoms with Crippen LogP contribution in [0.4, 0.5) is 0 Å².